The molecule has 1 rings (SSSR count). The van der Waals surface area contributed by atoms with E-state index in [0.717, 1.165) is 26.4 Å². The van der Waals surface area contributed by atoms with Crippen LogP contribution in [0.2, 0.25) is 25.7 Å². The normalized spacial score (nSPS) is 23.8. The van der Waals surface area contributed by atoms with Gasteiger partial charge in [0, 0.05) is 27.2 Å². The Kier molecular flexibility index (Phi) is 5.13. The van der Waals surface area contributed by atoms with Crippen LogP contribution < -0.4 is 0 Å². The molecule has 1 fully saturated rings. The van der Waals surface area contributed by atoms with Gasteiger partial charge < -0.3 is 9.47 Å². The van der Waals surface area contributed by atoms with Crippen LogP contribution in [0.25, 0.3) is 0 Å². The van der Waals surface area contributed by atoms with Crippen LogP contribution >= 0.6 is 0 Å². The Hall–Kier alpha value is 0.137. The average molecular weight is 216 g/mol. The van der Waals surface area contributed by atoms with Crippen molar-refractivity contribution in [2.45, 2.75) is 38.5 Å². The highest BCUT2D eigenvalue weighted by Crippen LogP contribution is 2.14. The Balaban J connectivity index is 1.97. The summed E-state index contributed by atoms with van der Waals surface area (Å²) >= 11 is 0. The molecule has 0 spiro atoms. The highest BCUT2D eigenvalue weighted by atomic mass is 28.3. The lowest BCUT2D eigenvalue weighted by molar-refractivity contribution is 0.00857. The van der Waals surface area contributed by atoms with Crippen molar-refractivity contribution >= 4 is 8.07 Å². The summed E-state index contributed by atoms with van der Waals surface area (Å²) in [6, 6.07) is 1.28. The molecule has 0 aromatic carbocycles. The molecule has 0 N–H and O–H groups in total. The number of rotatable bonds is 5. The van der Waals surface area contributed by atoms with Crippen molar-refractivity contribution in [1.29, 1.82) is 0 Å². The molecule has 0 bridgehead atoms. The van der Waals surface area contributed by atoms with Crippen LogP contribution in [0, 0.1) is 5.92 Å². The van der Waals surface area contributed by atoms with Gasteiger partial charge in [-0.25, -0.2) is 0 Å². The van der Waals surface area contributed by atoms with Gasteiger partial charge in [0.1, 0.15) is 0 Å². The average Bonchev–Trinajstić information content (AvgIpc) is 2.13. The molecule has 1 unspecified atom stereocenters. The third-order valence-corrected chi connectivity index (χ3v) is 4.31. The number of hydrogen-bond acceptors (Lipinski definition) is 2. The summed E-state index contributed by atoms with van der Waals surface area (Å²) in [6.07, 6.45) is 2.50. The van der Waals surface area contributed by atoms with E-state index in [-0.39, 0.29) is 0 Å². The molecule has 1 atom stereocenters. The Morgan fingerprint density at radius 1 is 1.36 bits per heavy atom. The Morgan fingerprint density at radius 3 is 2.71 bits per heavy atom. The van der Waals surface area contributed by atoms with Crippen LogP contribution in [0.3, 0.4) is 0 Å². The van der Waals surface area contributed by atoms with E-state index in [9.17, 15) is 0 Å². The zero-order valence-electron chi connectivity index (χ0n) is 9.84. The predicted molar refractivity (Wildman–Crippen MR) is 62.5 cm³/mol. The van der Waals surface area contributed by atoms with Gasteiger partial charge in [0.05, 0.1) is 13.2 Å². The van der Waals surface area contributed by atoms with Crippen LogP contribution in [0.1, 0.15) is 12.8 Å². The molecule has 0 aliphatic carbocycles. The van der Waals surface area contributed by atoms with E-state index in [4.69, 9.17) is 9.47 Å². The second-order valence-electron chi connectivity index (χ2n) is 5.47. The summed E-state index contributed by atoms with van der Waals surface area (Å²) in [4.78, 5) is 0. The molecule has 1 heterocycles. The summed E-state index contributed by atoms with van der Waals surface area (Å²) in [7, 11) is -0.900. The van der Waals surface area contributed by atoms with Gasteiger partial charge in [-0.15, -0.1) is 0 Å². The van der Waals surface area contributed by atoms with E-state index in [1.54, 1.807) is 0 Å². The zero-order chi connectivity index (χ0) is 10.4. The first-order chi connectivity index (χ1) is 6.58. The standard InChI is InChI=1S/C11H24O2Si/c1-14(2,3)8-7-13-10-11-5-4-6-12-9-11/h11H,4-10H2,1-3H3. The summed E-state index contributed by atoms with van der Waals surface area (Å²) < 4.78 is 11.1. The van der Waals surface area contributed by atoms with Gasteiger partial charge >= 0.3 is 0 Å². The van der Waals surface area contributed by atoms with Crippen LogP contribution in [0.15, 0.2) is 0 Å². The minimum Gasteiger partial charge on any atom is -0.381 e. The van der Waals surface area contributed by atoms with Gasteiger partial charge in [0.2, 0.25) is 0 Å². The van der Waals surface area contributed by atoms with Crippen molar-refractivity contribution in [3.05, 3.63) is 0 Å². The lowest BCUT2D eigenvalue weighted by Gasteiger charge is -2.22. The molecule has 1 saturated heterocycles. The molecule has 0 saturated carbocycles. The first-order valence-electron chi connectivity index (χ1n) is 5.73. The van der Waals surface area contributed by atoms with Crippen molar-refractivity contribution in [2.75, 3.05) is 26.4 Å². The lowest BCUT2D eigenvalue weighted by Crippen LogP contribution is -2.25. The summed E-state index contributed by atoms with van der Waals surface area (Å²) in [6.45, 7) is 10.9. The van der Waals surface area contributed by atoms with Crippen molar-refractivity contribution < 1.29 is 9.47 Å². The van der Waals surface area contributed by atoms with Gasteiger partial charge in [-0.05, 0) is 18.9 Å². The van der Waals surface area contributed by atoms with E-state index in [2.05, 4.69) is 19.6 Å². The SMILES string of the molecule is C[Si](C)(C)CCOCC1CCCOC1. The first kappa shape index (κ1) is 12.2. The first-order valence-corrected chi connectivity index (χ1v) is 9.44. The summed E-state index contributed by atoms with van der Waals surface area (Å²) in [5, 5.41) is 0. The van der Waals surface area contributed by atoms with E-state index in [0.29, 0.717) is 5.92 Å². The molecule has 1 aliphatic heterocycles. The van der Waals surface area contributed by atoms with Gasteiger partial charge in [0.25, 0.3) is 0 Å². The van der Waals surface area contributed by atoms with Crippen LogP contribution in [-0.4, -0.2) is 34.5 Å². The van der Waals surface area contributed by atoms with E-state index >= 15 is 0 Å². The van der Waals surface area contributed by atoms with E-state index in [1.807, 2.05) is 0 Å². The monoisotopic (exact) mass is 216 g/mol. The smallest absolute Gasteiger partial charge is 0.0516 e. The van der Waals surface area contributed by atoms with Gasteiger partial charge in [-0.2, -0.15) is 0 Å². The topological polar surface area (TPSA) is 18.5 Å². The molecule has 0 radical (unpaired) electrons. The van der Waals surface area contributed by atoms with Crippen molar-refractivity contribution in [1.82, 2.24) is 0 Å². The molecule has 0 aromatic rings. The molecule has 84 valence electrons. The number of ether oxygens (including phenoxy) is 2. The Labute approximate surface area is 89.0 Å². The van der Waals surface area contributed by atoms with E-state index in [1.165, 1.54) is 18.9 Å². The second kappa shape index (κ2) is 5.88. The van der Waals surface area contributed by atoms with E-state index < -0.39 is 8.07 Å². The van der Waals surface area contributed by atoms with Crippen LogP contribution in [-0.2, 0) is 9.47 Å². The quantitative estimate of drug-likeness (QED) is 0.520. The molecule has 2 nitrogen and oxygen atoms in total. The molecular weight excluding hydrogens is 192 g/mol. The summed E-state index contributed by atoms with van der Waals surface area (Å²) in [5.74, 6) is 0.658. The molecule has 1 aliphatic rings. The number of hydrogen-bond donors (Lipinski definition) is 0. The van der Waals surface area contributed by atoms with Crippen molar-refractivity contribution in [3.8, 4) is 0 Å². The van der Waals surface area contributed by atoms with Gasteiger partial charge in [-0.1, -0.05) is 19.6 Å². The third kappa shape index (κ3) is 5.78. The fraction of sp³-hybridized carbons (Fsp3) is 1.00. The van der Waals surface area contributed by atoms with Crippen LogP contribution in [0.4, 0.5) is 0 Å². The van der Waals surface area contributed by atoms with Crippen molar-refractivity contribution in [2.24, 2.45) is 5.92 Å². The molecule has 0 aromatic heterocycles. The fourth-order valence-corrected chi connectivity index (χ4v) is 2.32. The maximum atomic E-state index is 5.70. The molecule has 14 heavy (non-hydrogen) atoms. The molecular formula is C11H24O2Si. The Bertz CT molecular complexity index is 148. The largest absolute Gasteiger partial charge is 0.381 e. The minimum atomic E-state index is -0.900. The molecule has 0 amide bonds. The zero-order valence-corrected chi connectivity index (χ0v) is 10.8. The highest BCUT2D eigenvalue weighted by molar-refractivity contribution is 6.76. The Morgan fingerprint density at radius 2 is 2.14 bits per heavy atom. The van der Waals surface area contributed by atoms with Gasteiger partial charge in [-0.3, -0.25) is 0 Å². The lowest BCUT2D eigenvalue weighted by atomic mass is 10.0. The second-order valence-corrected chi connectivity index (χ2v) is 11.1. The molecule has 3 heteroatoms. The van der Waals surface area contributed by atoms with Crippen molar-refractivity contribution in [3.63, 3.8) is 0 Å². The minimum absolute atomic E-state index is 0.658. The maximum absolute atomic E-state index is 5.70. The fourth-order valence-electron chi connectivity index (χ4n) is 1.57. The van der Waals surface area contributed by atoms with Gasteiger partial charge in [0.15, 0.2) is 0 Å². The third-order valence-electron chi connectivity index (χ3n) is 2.60. The maximum Gasteiger partial charge on any atom is 0.0516 e. The van der Waals surface area contributed by atoms with Crippen LogP contribution in [0.5, 0.6) is 0 Å². The predicted octanol–water partition coefficient (Wildman–Crippen LogP) is 2.77. The summed E-state index contributed by atoms with van der Waals surface area (Å²) in [5.41, 5.74) is 0. The highest BCUT2D eigenvalue weighted by Gasteiger charge is 2.15.